The summed E-state index contributed by atoms with van der Waals surface area (Å²) in [4.78, 5) is 23.6. The molecule has 3 N–H and O–H groups in total. The first-order valence-electron chi connectivity index (χ1n) is 6.61. The number of imidazole rings is 1. The zero-order chi connectivity index (χ0) is 15.4. The minimum absolute atomic E-state index is 0.0347. The molecule has 7 heteroatoms. The Morgan fingerprint density at radius 2 is 2.05 bits per heavy atom. The molecule has 1 aromatic heterocycles. The van der Waals surface area contributed by atoms with Crippen molar-refractivity contribution < 1.29 is 4.79 Å². The lowest BCUT2D eigenvalue weighted by Gasteiger charge is -2.07. The van der Waals surface area contributed by atoms with Crippen LogP contribution in [0.25, 0.3) is 0 Å². The summed E-state index contributed by atoms with van der Waals surface area (Å²) in [6.07, 6.45) is 4.47. The van der Waals surface area contributed by atoms with E-state index in [9.17, 15) is 9.59 Å². The topological polar surface area (TPSA) is 82.1 Å². The number of benzene rings is 1. The molecular weight excluding hydrogens is 336 g/mol. The van der Waals surface area contributed by atoms with Gasteiger partial charge in [-0.25, -0.2) is 10.6 Å². The molecule has 2 aromatic rings. The van der Waals surface area contributed by atoms with Gasteiger partial charge in [0.1, 0.15) is 0 Å². The number of amides is 1. The Morgan fingerprint density at radius 1 is 1.33 bits per heavy atom. The summed E-state index contributed by atoms with van der Waals surface area (Å²) >= 11 is 3.42. The van der Waals surface area contributed by atoms with Gasteiger partial charge >= 0.3 is 5.69 Å². The molecule has 0 radical (unpaired) electrons. The molecule has 21 heavy (non-hydrogen) atoms. The Hall–Kier alpha value is -1.86. The number of hydrazine groups is 1. The van der Waals surface area contributed by atoms with Gasteiger partial charge in [-0.1, -0.05) is 28.9 Å². The minimum Gasteiger partial charge on any atom is -0.299 e. The van der Waals surface area contributed by atoms with Crippen molar-refractivity contribution in [3.63, 3.8) is 0 Å². The van der Waals surface area contributed by atoms with E-state index in [1.807, 2.05) is 6.92 Å². The first-order valence-corrected chi connectivity index (χ1v) is 7.41. The van der Waals surface area contributed by atoms with Crippen molar-refractivity contribution in [3.8, 4) is 0 Å². The van der Waals surface area contributed by atoms with Gasteiger partial charge in [0.25, 0.3) is 5.91 Å². The van der Waals surface area contributed by atoms with Crippen LogP contribution in [0.3, 0.4) is 0 Å². The SMILES string of the molecule is CCCn1ccn(Cc2ccc(C(=O)NN)cc2Br)c1=O. The summed E-state index contributed by atoms with van der Waals surface area (Å²) in [6.45, 7) is 3.19. The van der Waals surface area contributed by atoms with Crippen LogP contribution >= 0.6 is 15.9 Å². The second-order valence-corrected chi connectivity index (χ2v) is 5.54. The largest absolute Gasteiger partial charge is 0.328 e. The van der Waals surface area contributed by atoms with Gasteiger partial charge in [-0.15, -0.1) is 0 Å². The van der Waals surface area contributed by atoms with Crippen molar-refractivity contribution in [1.29, 1.82) is 0 Å². The molecule has 2 rings (SSSR count). The molecule has 0 spiro atoms. The Labute approximate surface area is 130 Å². The normalized spacial score (nSPS) is 10.6. The smallest absolute Gasteiger partial charge is 0.299 e. The Balaban J connectivity index is 2.24. The second kappa shape index (κ2) is 6.73. The van der Waals surface area contributed by atoms with Crippen LogP contribution in [-0.2, 0) is 13.1 Å². The molecular formula is C14H17BrN4O2. The van der Waals surface area contributed by atoms with Crippen molar-refractivity contribution in [2.75, 3.05) is 0 Å². The van der Waals surface area contributed by atoms with E-state index in [4.69, 9.17) is 5.84 Å². The quantitative estimate of drug-likeness (QED) is 0.485. The van der Waals surface area contributed by atoms with E-state index < -0.39 is 0 Å². The first-order chi connectivity index (χ1) is 10.1. The predicted octanol–water partition coefficient (Wildman–Crippen LogP) is 1.47. The number of aryl methyl sites for hydroxylation is 1. The third kappa shape index (κ3) is 3.43. The van der Waals surface area contributed by atoms with E-state index in [2.05, 4.69) is 21.4 Å². The van der Waals surface area contributed by atoms with Gasteiger partial charge in [0.2, 0.25) is 0 Å². The zero-order valence-electron chi connectivity index (χ0n) is 11.7. The average molecular weight is 353 g/mol. The molecule has 1 aromatic carbocycles. The molecule has 0 bridgehead atoms. The highest BCUT2D eigenvalue weighted by molar-refractivity contribution is 9.10. The van der Waals surface area contributed by atoms with Crippen LogP contribution < -0.4 is 17.0 Å². The first kappa shape index (κ1) is 15.5. The predicted molar refractivity (Wildman–Crippen MR) is 83.9 cm³/mol. The third-order valence-electron chi connectivity index (χ3n) is 3.17. The monoisotopic (exact) mass is 352 g/mol. The standard InChI is InChI=1S/C14H17BrN4O2/c1-2-5-18-6-7-19(14(18)21)9-11-4-3-10(8-12(11)15)13(20)17-16/h3-4,6-8H,2,5,9,16H2,1H3,(H,17,20). The molecule has 0 aliphatic rings. The molecule has 0 atom stereocenters. The van der Waals surface area contributed by atoms with E-state index in [0.29, 0.717) is 18.7 Å². The van der Waals surface area contributed by atoms with Crippen molar-refractivity contribution in [3.05, 3.63) is 56.7 Å². The van der Waals surface area contributed by atoms with Crippen LogP contribution in [-0.4, -0.2) is 15.0 Å². The lowest BCUT2D eigenvalue weighted by Crippen LogP contribution is -2.30. The summed E-state index contributed by atoms with van der Waals surface area (Å²) in [7, 11) is 0. The lowest BCUT2D eigenvalue weighted by atomic mass is 10.1. The number of nitrogen functional groups attached to an aromatic ring is 1. The third-order valence-corrected chi connectivity index (χ3v) is 3.91. The minimum atomic E-state index is -0.353. The summed E-state index contributed by atoms with van der Waals surface area (Å²) in [5, 5.41) is 0. The number of nitrogens with one attached hydrogen (secondary N) is 1. The number of nitrogens with two attached hydrogens (primary N) is 1. The van der Waals surface area contributed by atoms with Gasteiger partial charge < -0.3 is 0 Å². The molecule has 112 valence electrons. The lowest BCUT2D eigenvalue weighted by molar-refractivity contribution is 0.0953. The number of halogens is 1. The van der Waals surface area contributed by atoms with Gasteiger partial charge in [-0.3, -0.25) is 19.4 Å². The highest BCUT2D eigenvalue weighted by atomic mass is 79.9. The number of hydrogen-bond acceptors (Lipinski definition) is 3. The Bertz CT molecular complexity index is 705. The Morgan fingerprint density at radius 3 is 2.67 bits per heavy atom. The van der Waals surface area contributed by atoms with E-state index in [1.165, 1.54) is 0 Å². The van der Waals surface area contributed by atoms with E-state index in [1.54, 1.807) is 39.7 Å². The molecule has 0 saturated carbocycles. The van der Waals surface area contributed by atoms with Crippen LogP contribution in [0.4, 0.5) is 0 Å². The highest BCUT2D eigenvalue weighted by Crippen LogP contribution is 2.19. The van der Waals surface area contributed by atoms with Crippen LogP contribution in [0, 0.1) is 0 Å². The fraction of sp³-hybridized carbons (Fsp3) is 0.286. The fourth-order valence-electron chi connectivity index (χ4n) is 2.07. The second-order valence-electron chi connectivity index (χ2n) is 4.68. The van der Waals surface area contributed by atoms with Crippen molar-refractivity contribution in [2.24, 2.45) is 5.84 Å². The van der Waals surface area contributed by atoms with Gasteiger partial charge in [0.05, 0.1) is 6.54 Å². The average Bonchev–Trinajstić information content (AvgIpc) is 2.82. The summed E-state index contributed by atoms with van der Waals surface area (Å²) in [6, 6.07) is 5.17. The molecule has 6 nitrogen and oxygen atoms in total. The van der Waals surface area contributed by atoms with Crippen LogP contribution in [0.5, 0.6) is 0 Å². The fourth-order valence-corrected chi connectivity index (χ4v) is 2.57. The number of carbonyl (C=O) groups excluding carboxylic acids is 1. The van der Waals surface area contributed by atoms with Crippen molar-refractivity contribution >= 4 is 21.8 Å². The van der Waals surface area contributed by atoms with Gasteiger partial charge in [-0.05, 0) is 24.1 Å². The summed E-state index contributed by atoms with van der Waals surface area (Å²) < 4.78 is 4.08. The summed E-state index contributed by atoms with van der Waals surface area (Å²) in [5.41, 5.74) is 3.43. The van der Waals surface area contributed by atoms with Gasteiger partial charge in [0.15, 0.2) is 0 Å². The number of rotatable bonds is 5. The molecule has 0 saturated heterocycles. The maximum atomic E-state index is 12.1. The van der Waals surface area contributed by atoms with E-state index in [-0.39, 0.29) is 11.6 Å². The molecule has 1 amide bonds. The van der Waals surface area contributed by atoms with Crippen LogP contribution in [0.1, 0.15) is 29.3 Å². The molecule has 0 unspecified atom stereocenters. The zero-order valence-corrected chi connectivity index (χ0v) is 13.3. The number of carbonyl (C=O) groups is 1. The molecule has 0 fully saturated rings. The summed E-state index contributed by atoms with van der Waals surface area (Å²) in [5.74, 6) is 4.75. The van der Waals surface area contributed by atoms with E-state index >= 15 is 0 Å². The molecule has 0 aliphatic heterocycles. The number of nitrogens with zero attached hydrogens (tertiary/aromatic N) is 2. The maximum absolute atomic E-state index is 12.1. The Kier molecular flexibility index (Phi) is 4.98. The van der Waals surface area contributed by atoms with Gasteiger partial charge in [-0.2, -0.15) is 0 Å². The van der Waals surface area contributed by atoms with Crippen LogP contribution in [0.15, 0.2) is 39.9 Å². The van der Waals surface area contributed by atoms with Gasteiger partial charge in [0, 0.05) is 29.0 Å². The van der Waals surface area contributed by atoms with Crippen molar-refractivity contribution in [1.82, 2.24) is 14.6 Å². The highest BCUT2D eigenvalue weighted by Gasteiger charge is 2.09. The van der Waals surface area contributed by atoms with Crippen LogP contribution in [0.2, 0.25) is 0 Å². The molecule has 0 aliphatic carbocycles. The number of hydrogen-bond donors (Lipinski definition) is 2. The van der Waals surface area contributed by atoms with Crippen molar-refractivity contribution in [2.45, 2.75) is 26.4 Å². The molecule has 1 heterocycles. The maximum Gasteiger partial charge on any atom is 0.328 e. The number of aromatic nitrogens is 2. The van der Waals surface area contributed by atoms with E-state index in [0.717, 1.165) is 16.5 Å².